The molecule has 0 radical (unpaired) electrons. The van der Waals surface area contributed by atoms with E-state index in [1.165, 1.54) is 24.3 Å². The first kappa shape index (κ1) is 21.5. The van der Waals surface area contributed by atoms with E-state index in [-0.39, 0.29) is 22.7 Å². The molecule has 1 aliphatic heterocycles. The first-order chi connectivity index (χ1) is 13.8. The number of halogens is 1. The van der Waals surface area contributed by atoms with Gasteiger partial charge in [0.2, 0.25) is 10.0 Å². The molecule has 1 unspecified atom stereocenters. The fourth-order valence-electron chi connectivity index (χ4n) is 3.70. The Labute approximate surface area is 172 Å². The molecular formula is C22H27FN2O3S. The van der Waals surface area contributed by atoms with Crippen LogP contribution in [-0.2, 0) is 16.6 Å². The molecule has 0 N–H and O–H groups in total. The van der Waals surface area contributed by atoms with E-state index in [2.05, 4.69) is 0 Å². The summed E-state index contributed by atoms with van der Waals surface area (Å²) in [5.41, 5.74) is 1.12. The minimum absolute atomic E-state index is 0.0168. The Morgan fingerprint density at radius 3 is 2.52 bits per heavy atom. The number of benzene rings is 2. The molecule has 1 saturated heterocycles. The van der Waals surface area contributed by atoms with Crippen LogP contribution in [0, 0.1) is 5.82 Å². The van der Waals surface area contributed by atoms with Gasteiger partial charge in [-0.15, -0.1) is 0 Å². The first-order valence-electron chi connectivity index (χ1n) is 9.98. The number of carbonyl (C=O) groups is 1. The molecule has 0 bridgehead atoms. The van der Waals surface area contributed by atoms with Gasteiger partial charge in [-0.1, -0.05) is 18.6 Å². The van der Waals surface area contributed by atoms with Crippen LogP contribution in [0.1, 0.15) is 49.0 Å². The fourth-order valence-corrected chi connectivity index (χ4v) is 5.40. The Morgan fingerprint density at radius 2 is 1.90 bits per heavy atom. The van der Waals surface area contributed by atoms with Crippen LogP contribution < -0.4 is 0 Å². The number of hydrogen-bond donors (Lipinski definition) is 0. The Bertz CT molecular complexity index is 960. The lowest BCUT2D eigenvalue weighted by atomic mass is 10.1. The number of nitrogens with zero attached hydrogens (tertiary/aromatic N) is 2. The molecule has 3 rings (SSSR count). The molecule has 2 aromatic carbocycles. The van der Waals surface area contributed by atoms with E-state index in [1.54, 1.807) is 33.5 Å². The van der Waals surface area contributed by atoms with E-state index in [9.17, 15) is 17.6 Å². The van der Waals surface area contributed by atoms with Crippen molar-refractivity contribution in [2.45, 2.75) is 50.6 Å². The quantitative estimate of drug-likeness (QED) is 0.711. The molecule has 0 saturated carbocycles. The highest BCUT2D eigenvalue weighted by molar-refractivity contribution is 7.89. The highest BCUT2D eigenvalue weighted by atomic mass is 32.2. The third-order valence-electron chi connectivity index (χ3n) is 5.38. The van der Waals surface area contributed by atoms with Gasteiger partial charge in [0, 0.05) is 31.2 Å². The number of rotatable bonds is 6. The molecule has 1 fully saturated rings. The van der Waals surface area contributed by atoms with Gasteiger partial charge in [-0.2, -0.15) is 4.31 Å². The molecule has 0 aromatic heterocycles. The van der Waals surface area contributed by atoms with E-state index in [1.807, 2.05) is 13.8 Å². The monoisotopic (exact) mass is 418 g/mol. The lowest BCUT2D eigenvalue weighted by Crippen LogP contribution is -2.41. The highest BCUT2D eigenvalue weighted by Crippen LogP contribution is 2.25. The predicted molar refractivity (Wildman–Crippen MR) is 110 cm³/mol. The molecule has 1 aliphatic rings. The molecule has 1 amide bonds. The molecule has 1 atom stereocenters. The molecular weight excluding hydrogens is 391 g/mol. The topological polar surface area (TPSA) is 57.7 Å². The first-order valence-corrected chi connectivity index (χ1v) is 11.4. The van der Waals surface area contributed by atoms with Crippen molar-refractivity contribution in [3.63, 3.8) is 0 Å². The van der Waals surface area contributed by atoms with Crippen LogP contribution in [0.2, 0.25) is 0 Å². The summed E-state index contributed by atoms with van der Waals surface area (Å²) in [4.78, 5) is 14.7. The van der Waals surface area contributed by atoms with Crippen molar-refractivity contribution < 1.29 is 17.6 Å². The maximum absolute atomic E-state index is 13.4. The van der Waals surface area contributed by atoms with Crippen molar-refractivity contribution in [2.75, 3.05) is 13.1 Å². The average Bonchev–Trinajstić information content (AvgIpc) is 2.72. The lowest BCUT2D eigenvalue weighted by Gasteiger charge is -2.32. The summed E-state index contributed by atoms with van der Waals surface area (Å²) in [6, 6.07) is 12.3. The second-order valence-corrected chi connectivity index (χ2v) is 9.32. The predicted octanol–water partition coefficient (Wildman–Crippen LogP) is 4.05. The smallest absolute Gasteiger partial charge is 0.254 e. The van der Waals surface area contributed by atoms with E-state index in [0.29, 0.717) is 30.8 Å². The summed E-state index contributed by atoms with van der Waals surface area (Å²) in [7, 11) is -3.57. The number of sulfonamides is 1. The van der Waals surface area contributed by atoms with Gasteiger partial charge in [-0.05, 0) is 68.7 Å². The summed E-state index contributed by atoms with van der Waals surface area (Å²) in [5, 5.41) is 0. The number of piperidine rings is 1. The molecule has 0 aliphatic carbocycles. The zero-order valence-electron chi connectivity index (χ0n) is 16.8. The second kappa shape index (κ2) is 9.05. The summed E-state index contributed by atoms with van der Waals surface area (Å²) in [5.74, 6) is -0.556. The van der Waals surface area contributed by atoms with Crippen molar-refractivity contribution in [3.05, 3.63) is 65.5 Å². The van der Waals surface area contributed by atoms with Gasteiger partial charge in [0.15, 0.2) is 0 Å². The molecule has 5 nitrogen and oxygen atoms in total. The Morgan fingerprint density at radius 1 is 1.17 bits per heavy atom. The third-order valence-corrected chi connectivity index (χ3v) is 7.41. The van der Waals surface area contributed by atoms with Crippen LogP contribution in [0.4, 0.5) is 4.39 Å². The van der Waals surface area contributed by atoms with Gasteiger partial charge in [0.05, 0.1) is 4.90 Å². The van der Waals surface area contributed by atoms with E-state index in [4.69, 9.17) is 0 Å². The molecule has 2 aromatic rings. The van der Waals surface area contributed by atoms with Crippen LogP contribution in [0.5, 0.6) is 0 Å². The normalized spacial score (nSPS) is 17.8. The van der Waals surface area contributed by atoms with Gasteiger partial charge in [-0.25, -0.2) is 12.8 Å². The van der Waals surface area contributed by atoms with Crippen LogP contribution in [0.25, 0.3) is 0 Å². The van der Waals surface area contributed by atoms with E-state index >= 15 is 0 Å². The Kier molecular flexibility index (Phi) is 6.70. The van der Waals surface area contributed by atoms with E-state index < -0.39 is 10.0 Å². The van der Waals surface area contributed by atoms with Crippen LogP contribution in [0.3, 0.4) is 0 Å². The van der Waals surface area contributed by atoms with Gasteiger partial charge >= 0.3 is 0 Å². The number of carbonyl (C=O) groups excluding carboxylic acids is 1. The van der Waals surface area contributed by atoms with Crippen LogP contribution in [-0.4, -0.2) is 42.7 Å². The fraction of sp³-hybridized carbons (Fsp3) is 0.409. The SMILES string of the molecule is CCN(Cc1cccc(F)c1)C(=O)c1ccc(S(=O)(=O)N2CCCCC2C)cc1. The Hall–Kier alpha value is -2.25. The van der Waals surface area contributed by atoms with Gasteiger partial charge < -0.3 is 4.90 Å². The minimum Gasteiger partial charge on any atom is -0.335 e. The maximum atomic E-state index is 13.4. The highest BCUT2D eigenvalue weighted by Gasteiger charge is 2.31. The van der Waals surface area contributed by atoms with Gasteiger partial charge in [-0.3, -0.25) is 4.79 Å². The zero-order chi connectivity index (χ0) is 21.0. The van der Waals surface area contributed by atoms with Crippen molar-refractivity contribution in [2.24, 2.45) is 0 Å². The van der Waals surface area contributed by atoms with Crippen molar-refractivity contribution in [1.29, 1.82) is 0 Å². The largest absolute Gasteiger partial charge is 0.335 e. The number of hydrogen-bond acceptors (Lipinski definition) is 3. The standard InChI is InChI=1S/C22H27FN2O3S/c1-3-24(16-18-8-6-9-20(23)15-18)22(26)19-10-12-21(13-11-19)29(27,28)25-14-5-4-7-17(25)2/h6,8-13,15,17H,3-5,7,14,16H2,1-2H3. The second-order valence-electron chi connectivity index (χ2n) is 7.43. The molecule has 0 spiro atoms. The van der Waals surface area contributed by atoms with Crippen LogP contribution in [0.15, 0.2) is 53.4 Å². The summed E-state index contributed by atoms with van der Waals surface area (Å²) in [6.07, 6.45) is 2.77. The molecule has 156 valence electrons. The maximum Gasteiger partial charge on any atom is 0.254 e. The summed E-state index contributed by atoms with van der Waals surface area (Å²) < 4.78 is 40.8. The molecule has 7 heteroatoms. The molecule has 29 heavy (non-hydrogen) atoms. The summed E-state index contributed by atoms with van der Waals surface area (Å²) >= 11 is 0. The van der Waals surface area contributed by atoms with E-state index in [0.717, 1.165) is 19.3 Å². The zero-order valence-corrected chi connectivity index (χ0v) is 17.7. The average molecular weight is 419 g/mol. The van der Waals surface area contributed by atoms with Crippen LogP contribution >= 0.6 is 0 Å². The number of amides is 1. The van der Waals surface area contributed by atoms with Crippen molar-refractivity contribution in [3.8, 4) is 0 Å². The van der Waals surface area contributed by atoms with Crippen molar-refractivity contribution >= 4 is 15.9 Å². The molecule has 1 heterocycles. The Balaban J connectivity index is 1.76. The van der Waals surface area contributed by atoms with Gasteiger partial charge in [0.1, 0.15) is 5.82 Å². The lowest BCUT2D eigenvalue weighted by molar-refractivity contribution is 0.0752. The summed E-state index contributed by atoms with van der Waals surface area (Å²) in [6.45, 7) is 5.06. The van der Waals surface area contributed by atoms with Gasteiger partial charge in [0.25, 0.3) is 5.91 Å². The third kappa shape index (κ3) is 4.85. The van der Waals surface area contributed by atoms with Crippen molar-refractivity contribution in [1.82, 2.24) is 9.21 Å². The minimum atomic E-state index is -3.57.